The molecule has 0 fully saturated rings. The summed E-state index contributed by atoms with van der Waals surface area (Å²) >= 11 is 5.49. The van der Waals surface area contributed by atoms with Crippen LogP contribution in [0, 0.1) is 0 Å². The Labute approximate surface area is 119 Å². The molecule has 0 N–H and O–H groups in total. The van der Waals surface area contributed by atoms with Gasteiger partial charge in [0, 0.05) is 0 Å². The number of nitrogens with zero attached hydrogens (tertiary/aromatic N) is 4. The Morgan fingerprint density at radius 2 is 1.86 bits per heavy atom. The number of hydrogen-bond acceptors (Lipinski definition) is 4. The van der Waals surface area contributed by atoms with E-state index in [-0.39, 0.29) is 11.8 Å². The molecule has 2 rings (SSSR count). The van der Waals surface area contributed by atoms with Crippen molar-refractivity contribution in [3.05, 3.63) is 35.6 Å². The van der Waals surface area contributed by atoms with Gasteiger partial charge in [-0.3, -0.25) is 4.98 Å². The molecule has 0 aliphatic carbocycles. The Hall–Kier alpha value is -1.97. The number of halogens is 6. The second-order valence-electron chi connectivity index (χ2n) is 3.81. The highest BCUT2D eigenvalue weighted by Crippen LogP contribution is 2.36. The van der Waals surface area contributed by atoms with Gasteiger partial charge in [0.15, 0.2) is 0 Å². The van der Waals surface area contributed by atoms with E-state index in [0.29, 0.717) is 5.69 Å². The lowest BCUT2D eigenvalue weighted by molar-refractivity contribution is -0.360. The van der Waals surface area contributed by atoms with Crippen molar-refractivity contribution < 1.29 is 26.7 Å². The van der Waals surface area contributed by atoms with Gasteiger partial charge in [-0.25, -0.2) is 9.67 Å². The van der Waals surface area contributed by atoms with Gasteiger partial charge in [0.05, 0.1) is 18.4 Å². The molecule has 0 radical (unpaired) electrons. The van der Waals surface area contributed by atoms with Gasteiger partial charge < -0.3 is 4.74 Å². The summed E-state index contributed by atoms with van der Waals surface area (Å²) in [5.41, 5.74) is 0.347. The van der Waals surface area contributed by atoms with E-state index in [1.54, 1.807) is 0 Å². The third-order valence-electron chi connectivity index (χ3n) is 2.21. The van der Waals surface area contributed by atoms with Crippen molar-refractivity contribution in [1.29, 1.82) is 0 Å². The topological polar surface area (TPSA) is 52.8 Å². The minimum Gasteiger partial charge on any atom is -0.424 e. The fraction of sp³-hybridized carbons (Fsp3) is 0.300. The molecule has 2 aromatic rings. The molecule has 0 saturated heterocycles. The summed E-state index contributed by atoms with van der Waals surface area (Å²) < 4.78 is 66.1. The monoisotopic (exact) mass is 328 g/mol. The van der Waals surface area contributed by atoms with Crippen LogP contribution in [0.5, 0.6) is 5.75 Å². The Bertz CT molecular complexity index is 613. The maximum Gasteiger partial charge on any atom is 0.499 e. The summed E-state index contributed by atoms with van der Waals surface area (Å²) in [6.45, 7) is 0.121. The van der Waals surface area contributed by atoms with Crippen LogP contribution in [0.25, 0.3) is 0 Å². The van der Waals surface area contributed by atoms with Crippen molar-refractivity contribution >= 4 is 11.6 Å². The Kier molecular flexibility index (Phi) is 3.99. The molecule has 0 aromatic carbocycles. The molecule has 0 spiro atoms. The van der Waals surface area contributed by atoms with E-state index in [9.17, 15) is 22.0 Å². The largest absolute Gasteiger partial charge is 0.499 e. The molecule has 0 atom stereocenters. The van der Waals surface area contributed by atoms with Crippen LogP contribution in [-0.2, 0) is 6.54 Å². The van der Waals surface area contributed by atoms with Crippen molar-refractivity contribution in [1.82, 2.24) is 19.7 Å². The molecule has 0 unspecified atom stereocenters. The zero-order chi connectivity index (χ0) is 15.7. The van der Waals surface area contributed by atoms with Crippen LogP contribution in [0.3, 0.4) is 0 Å². The van der Waals surface area contributed by atoms with E-state index < -0.39 is 18.0 Å². The van der Waals surface area contributed by atoms with Crippen molar-refractivity contribution in [3.8, 4) is 5.75 Å². The SMILES string of the molecule is FC(F)(F)C(F)(F)Oc1ccc(Cn2cnc(Cl)n2)nc1. The molecule has 5 nitrogen and oxygen atoms in total. The van der Waals surface area contributed by atoms with Gasteiger partial charge in [0.25, 0.3) is 0 Å². The highest BCUT2D eigenvalue weighted by atomic mass is 35.5. The van der Waals surface area contributed by atoms with E-state index in [1.165, 1.54) is 17.1 Å². The van der Waals surface area contributed by atoms with Crippen molar-refractivity contribution in [2.75, 3.05) is 0 Å². The van der Waals surface area contributed by atoms with Crippen LogP contribution in [0.1, 0.15) is 5.69 Å². The van der Waals surface area contributed by atoms with Crippen molar-refractivity contribution in [2.45, 2.75) is 18.8 Å². The minimum atomic E-state index is -5.80. The van der Waals surface area contributed by atoms with Gasteiger partial charge in [-0.1, -0.05) is 0 Å². The number of pyridine rings is 1. The molecule has 0 bridgehead atoms. The second kappa shape index (κ2) is 5.43. The molecule has 2 aromatic heterocycles. The molecule has 21 heavy (non-hydrogen) atoms. The summed E-state index contributed by atoms with van der Waals surface area (Å²) in [5, 5.41) is 3.76. The normalized spacial score (nSPS) is 12.5. The summed E-state index contributed by atoms with van der Waals surface area (Å²) in [4.78, 5) is 7.34. The van der Waals surface area contributed by atoms with E-state index in [4.69, 9.17) is 11.6 Å². The number of aromatic nitrogens is 4. The van der Waals surface area contributed by atoms with Crippen LogP contribution >= 0.6 is 11.6 Å². The number of ether oxygens (including phenoxy) is 1. The Morgan fingerprint density at radius 1 is 1.14 bits per heavy atom. The van der Waals surface area contributed by atoms with Crippen molar-refractivity contribution in [3.63, 3.8) is 0 Å². The zero-order valence-electron chi connectivity index (χ0n) is 9.98. The first-order chi connectivity index (χ1) is 9.67. The predicted molar refractivity (Wildman–Crippen MR) is 60.0 cm³/mol. The van der Waals surface area contributed by atoms with Crippen LogP contribution in [0.15, 0.2) is 24.7 Å². The molecule has 114 valence electrons. The summed E-state index contributed by atoms with van der Waals surface area (Å²) in [6.07, 6.45) is -9.02. The first-order valence-corrected chi connectivity index (χ1v) is 5.68. The molecule has 2 heterocycles. The summed E-state index contributed by atoms with van der Waals surface area (Å²) in [7, 11) is 0. The van der Waals surface area contributed by atoms with Gasteiger partial charge in [-0.05, 0) is 23.7 Å². The quantitative estimate of drug-likeness (QED) is 0.810. The number of hydrogen-bond donors (Lipinski definition) is 0. The highest BCUT2D eigenvalue weighted by molar-refractivity contribution is 6.28. The van der Waals surface area contributed by atoms with Gasteiger partial charge in [-0.15, -0.1) is 5.10 Å². The minimum absolute atomic E-state index is 0.0137. The fourth-order valence-corrected chi connectivity index (χ4v) is 1.43. The highest BCUT2D eigenvalue weighted by Gasteiger charge is 2.61. The molecular weight excluding hydrogens is 323 g/mol. The molecule has 0 saturated carbocycles. The van der Waals surface area contributed by atoms with Crippen LogP contribution in [0.2, 0.25) is 5.28 Å². The fourth-order valence-electron chi connectivity index (χ4n) is 1.28. The van der Waals surface area contributed by atoms with E-state index in [2.05, 4.69) is 19.8 Å². The van der Waals surface area contributed by atoms with Gasteiger partial charge in [0.1, 0.15) is 12.1 Å². The maximum atomic E-state index is 12.7. The number of alkyl halides is 5. The van der Waals surface area contributed by atoms with Gasteiger partial charge in [0.2, 0.25) is 5.28 Å². The smallest absolute Gasteiger partial charge is 0.424 e. The lowest BCUT2D eigenvalue weighted by Gasteiger charge is -2.19. The predicted octanol–water partition coefficient (Wildman–Crippen LogP) is 2.91. The molecule has 0 aliphatic heterocycles. The molecule has 0 aliphatic rings. The standard InChI is InChI=1S/C10H6ClF5N4O/c11-8-18-5-20(19-8)4-6-1-2-7(3-17-6)21-10(15,16)9(12,13)14/h1-3,5H,4H2. The lowest BCUT2D eigenvalue weighted by atomic mass is 10.3. The zero-order valence-corrected chi connectivity index (χ0v) is 10.7. The van der Waals surface area contributed by atoms with Crippen molar-refractivity contribution in [2.24, 2.45) is 0 Å². The maximum absolute atomic E-state index is 12.7. The first-order valence-electron chi connectivity index (χ1n) is 5.31. The lowest BCUT2D eigenvalue weighted by Crippen LogP contribution is -2.41. The third kappa shape index (κ3) is 3.78. The Morgan fingerprint density at radius 3 is 2.33 bits per heavy atom. The average molecular weight is 329 g/mol. The van der Waals surface area contributed by atoms with Crippen LogP contribution < -0.4 is 4.74 Å². The Balaban J connectivity index is 2.05. The second-order valence-corrected chi connectivity index (χ2v) is 4.15. The average Bonchev–Trinajstić information content (AvgIpc) is 2.75. The molecular formula is C10H6ClF5N4O. The van der Waals surface area contributed by atoms with E-state index in [0.717, 1.165) is 12.3 Å². The summed E-state index contributed by atoms with van der Waals surface area (Å²) in [5.74, 6) is -0.710. The number of rotatable bonds is 4. The van der Waals surface area contributed by atoms with Gasteiger partial charge >= 0.3 is 12.3 Å². The van der Waals surface area contributed by atoms with Crippen LogP contribution in [0.4, 0.5) is 22.0 Å². The molecule has 11 heteroatoms. The molecule has 0 amide bonds. The first kappa shape index (κ1) is 15.4. The summed E-state index contributed by atoms with van der Waals surface area (Å²) in [6, 6.07) is 2.16. The van der Waals surface area contributed by atoms with E-state index >= 15 is 0 Å². The third-order valence-corrected chi connectivity index (χ3v) is 2.38. The van der Waals surface area contributed by atoms with Crippen LogP contribution in [-0.4, -0.2) is 32.0 Å². The van der Waals surface area contributed by atoms with E-state index in [1.807, 2.05) is 0 Å². The van der Waals surface area contributed by atoms with Gasteiger partial charge in [-0.2, -0.15) is 22.0 Å².